The van der Waals surface area contributed by atoms with Gasteiger partial charge in [0.15, 0.2) is 0 Å². The quantitative estimate of drug-likeness (QED) is 0.786. The predicted octanol–water partition coefficient (Wildman–Crippen LogP) is 1.83. The Hall–Kier alpha value is -3.75. The van der Waals surface area contributed by atoms with Gasteiger partial charge in [-0.15, -0.1) is 0 Å². The average molecular weight is 410 g/mol. The Morgan fingerprint density at radius 3 is 2.60 bits per heavy atom. The van der Waals surface area contributed by atoms with Gasteiger partial charge in [0.05, 0.1) is 18.8 Å². The van der Waals surface area contributed by atoms with E-state index in [1.807, 2.05) is 0 Å². The van der Waals surface area contributed by atoms with Gasteiger partial charge in [-0.2, -0.15) is 0 Å². The fourth-order valence-corrected chi connectivity index (χ4v) is 3.34. The third kappa shape index (κ3) is 4.00. The molecule has 9 heteroatoms. The minimum atomic E-state index is -0.582. The maximum absolute atomic E-state index is 14.8. The average Bonchev–Trinajstić information content (AvgIpc) is 3.32. The second-order valence-electron chi connectivity index (χ2n) is 7.01. The minimum absolute atomic E-state index is 0.109. The molecule has 2 aromatic carbocycles. The molecule has 0 aromatic heterocycles. The summed E-state index contributed by atoms with van der Waals surface area (Å²) in [6.07, 6.45) is -1.07. The molecular weight excluding hydrogens is 391 g/mol. The summed E-state index contributed by atoms with van der Waals surface area (Å²) in [4.78, 5) is 39.9. The lowest BCUT2D eigenvalue weighted by atomic mass is 10.0. The summed E-state index contributed by atoms with van der Waals surface area (Å²) in [5.74, 6) is -0.350. The molecule has 2 heterocycles. The van der Waals surface area contributed by atoms with Crippen molar-refractivity contribution in [2.45, 2.75) is 13.0 Å². The largest absolute Gasteiger partial charge is 0.442 e. The molecule has 1 atom stereocenters. The number of hydrogen-bond acceptors (Lipinski definition) is 5. The van der Waals surface area contributed by atoms with Crippen LogP contribution in [0.5, 0.6) is 0 Å². The van der Waals surface area contributed by atoms with Gasteiger partial charge in [-0.3, -0.25) is 19.5 Å². The topological polar surface area (TPSA) is 100 Å². The third-order valence-corrected chi connectivity index (χ3v) is 4.83. The minimum Gasteiger partial charge on any atom is -0.442 e. The lowest BCUT2D eigenvalue weighted by Gasteiger charge is -2.14. The van der Waals surface area contributed by atoms with Gasteiger partial charge >= 0.3 is 6.09 Å². The number of halogens is 1. The van der Waals surface area contributed by atoms with Crippen LogP contribution in [0.1, 0.15) is 12.5 Å². The molecule has 2 aliphatic heterocycles. The van der Waals surface area contributed by atoms with Crippen molar-refractivity contribution in [2.24, 2.45) is 4.99 Å². The van der Waals surface area contributed by atoms with Crippen molar-refractivity contribution < 1.29 is 23.5 Å². The van der Waals surface area contributed by atoms with Crippen LogP contribution < -0.4 is 15.5 Å². The normalized spacial score (nSPS) is 18.1. The molecule has 0 radical (unpaired) electrons. The van der Waals surface area contributed by atoms with E-state index in [9.17, 15) is 18.8 Å². The number of benzene rings is 2. The van der Waals surface area contributed by atoms with E-state index in [4.69, 9.17) is 4.74 Å². The van der Waals surface area contributed by atoms with Crippen molar-refractivity contribution in [3.8, 4) is 11.1 Å². The fourth-order valence-electron chi connectivity index (χ4n) is 3.34. The van der Waals surface area contributed by atoms with Crippen molar-refractivity contribution in [1.82, 2.24) is 10.6 Å². The smallest absolute Gasteiger partial charge is 0.414 e. The van der Waals surface area contributed by atoms with Crippen molar-refractivity contribution in [3.63, 3.8) is 0 Å². The van der Waals surface area contributed by atoms with Crippen molar-refractivity contribution >= 4 is 29.4 Å². The molecule has 2 N–H and O–H groups in total. The highest BCUT2D eigenvalue weighted by molar-refractivity contribution is 6.12. The van der Waals surface area contributed by atoms with Crippen LogP contribution in [0.4, 0.5) is 14.9 Å². The van der Waals surface area contributed by atoms with E-state index in [1.165, 1.54) is 17.9 Å². The Balaban J connectivity index is 1.49. The van der Waals surface area contributed by atoms with E-state index in [1.54, 1.807) is 36.4 Å². The van der Waals surface area contributed by atoms with Gasteiger partial charge in [0, 0.05) is 18.1 Å². The Kier molecular flexibility index (Phi) is 5.18. The maximum Gasteiger partial charge on any atom is 0.414 e. The van der Waals surface area contributed by atoms with Crippen LogP contribution in [-0.2, 0) is 14.3 Å². The Morgan fingerprint density at radius 2 is 1.97 bits per heavy atom. The number of nitrogens with zero attached hydrogens (tertiary/aromatic N) is 2. The first-order chi connectivity index (χ1) is 14.4. The number of carbonyl (C=O) groups excluding carboxylic acids is 3. The van der Waals surface area contributed by atoms with Gasteiger partial charge in [0.1, 0.15) is 24.3 Å². The Bertz CT molecular complexity index is 1050. The second-order valence-corrected chi connectivity index (χ2v) is 7.01. The standard InChI is InChI=1S/C21H19FN4O4/c1-12(27)23-9-16-11-26(21(29)30-16)15-6-7-17(18(22)8-15)13-2-4-14(5-3-13)20-24-10-19(28)25-20/h2-8,16H,9-11H2,1H3,(H,23,27)(H,24,25,28)/t16-/m0/s1. The Labute approximate surface area is 171 Å². The number of carbonyl (C=O) groups is 3. The van der Waals surface area contributed by atoms with Gasteiger partial charge in [-0.05, 0) is 23.8 Å². The molecule has 154 valence electrons. The summed E-state index contributed by atoms with van der Waals surface area (Å²) in [7, 11) is 0. The van der Waals surface area contributed by atoms with Gasteiger partial charge < -0.3 is 15.4 Å². The van der Waals surface area contributed by atoms with E-state index in [0.717, 1.165) is 5.56 Å². The molecule has 0 aliphatic carbocycles. The zero-order chi connectivity index (χ0) is 21.3. The highest BCUT2D eigenvalue weighted by Crippen LogP contribution is 2.29. The molecule has 0 spiro atoms. The van der Waals surface area contributed by atoms with Crippen LogP contribution in [-0.4, -0.2) is 49.5 Å². The fraction of sp³-hybridized carbons (Fsp3) is 0.238. The van der Waals surface area contributed by atoms with Gasteiger partial charge in [0.25, 0.3) is 0 Å². The summed E-state index contributed by atoms with van der Waals surface area (Å²) < 4.78 is 20.0. The predicted molar refractivity (Wildman–Crippen MR) is 108 cm³/mol. The summed E-state index contributed by atoms with van der Waals surface area (Å²) >= 11 is 0. The van der Waals surface area contributed by atoms with Crippen molar-refractivity contribution in [3.05, 3.63) is 53.8 Å². The maximum atomic E-state index is 14.8. The molecule has 0 bridgehead atoms. The van der Waals surface area contributed by atoms with Crippen molar-refractivity contribution in [1.29, 1.82) is 0 Å². The second kappa shape index (κ2) is 7.94. The lowest BCUT2D eigenvalue weighted by molar-refractivity contribution is -0.119. The zero-order valence-electron chi connectivity index (χ0n) is 16.1. The zero-order valence-corrected chi connectivity index (χ0v) is 16.1. The number of rotatable bonds is 5. The number of cyclic esters (lactones) is 1. The van der Waals surface area contributed by atoms with Gasteiger partial charge in [-0.25, -0.2) is 9.18 Å². The number of amidine groups is 1. The van der Waals surface area contributed by atoms with E-state index in [-0.39, 0.29) is 31.4 Å². The first kappa shape index (κ1) is 19.6. The molecule has 4 rings (SSSR count). The highest BCUT2D eigenvalue weighted by Gasteiger charge is 2.32. The van der Waals surface area contributed by atoms with Crippen LogP contribution in [0.25, 0.3) is 11.1 Å². The SMILES string of the molecule is CC(=O)NC[C@H]1CN(c2ccc(-c3ccc(C4=NCC(=O)N4)cc3)c(F)c2)C(=O)O1. The molecule has 0 saturated carbocycles. The Morgan fingerprint density at radius 1 is 1.23 bits per heavy atom. The molecule has 8 nitrogen and oxygen atoms in total. The monoisotopic (exact) mass is 410 g/mol. The van der Waals surface area contributed by atoms with Gasteiger partial charge in [0.2, 0.25) is 11.8 Å². The van der Waals surface area contributed by atoms with Crippen molar-refractivity contribution in [2.75, 3.05) is 24.5 Å². The van der Waals surface area contributed by atoms with Crippen LogP contribution in [0, 0.1) is 5.82 Å². The molecule has 1 fully saturated rings. The molecule has 2 aliphatic rings. The number of anilines is 1. The first-order valence-corrected chi connectivity index (χ1v) is 9.38. The van der Waals surface area contributed by atoms with E-state index < -0.39 is 18.0 Å². The van der Waals surface area contributed by atoms with Crippen LogP contribution in [0.2, 0.25) is 0 Å². The molecule has 0 unspecified atom stereocenters. The lowest BCUT2D eigenvalue weighted by Crippen LogP contribution is -2.33. The van der Waals surface area contributed by atoms with E-state index >= 15 is 0 Å². The number of ether oxygens (including phenoxy) is 1. The highest BCUT2D eigenvalue weighted by atomic mass is 19.1. The van der Waals surface area contributed by atoms with Gasteiger partial charge in [-0.1, -0.05) is 24.3 Å². The molecule has 30 heavy (non-hydrogen) atoms. The first-order valence-electron chi connectivity index (χ1n) is 9.38. The molecule has 2 aromatic rings. The third-order valence-electron chi connectivity index (χ3n) is 4.83. The summed E-state index contributed by atoms with van der Waals surface area (Å²) in [5, 5.41) is 5.27. The molecular formula is C21H19FN4O4. The number of hydrogen-bond donors (Lipinski definition) is 2. The number of aliphatic imine (C=N–C) groups is 1. The molecule has 3 amide bonds. The summed E-state index contributed by atoms with van der Waals surface area (Å²) in [5.41, 5.74) is 2.16. The summed E-state index contributed by atoms with van der Waals surface area (Å²) in [6, 6.07) is 11.5. The number of nitrogens with one attached hydrogen (secondary N) is 2. The summed E-state index contributed by atoms with van der Waals surface area (Å²) in [6.45, 7) is 1.92. The number of amides is 3. The van der Waals surface area contributed by atoms with Crippen LogP contribution in [0.15, 0.2) is 47.5 Å². The van der Waals surface area contributed by atoms with Crippen LogP contribution >= 0.6 is 0 Å². The van der Waals surface area contributed by atoms with E-state index in [0.29, 0.717) is 22.6 Å². The van der Waals surface area contributed by atoms with Crippen LogP contribution in [0.3, 0.4) is 0 Å². The van der Waals surface area contributed by atoms with E-state index in [2.05, 4.69) is 15.6 Å². The molecule has 1 saturated heterocycles.